The van der Waals surface area contributed by atoms with Gasteiger partial charge in [-0.1, -0.05) is 39.0 Å². The molecular weight excluding hydrogens is 254 g/mol. The lowest BCUT2D eigenvalue weighted by molar-refractivity contribution is -0.151. The fourth-order valence-electron chi connectivity index (χ4n) is 1.98. The summed E-state index contributed by atoms with van der Waals surface area (Å²) in [5.74, 6) is -0.203. The molecule has 120 valence electrons. The molecule has 0 fully saturated rings. The molecule has 0 amide bonds. The molecule has 0 radical (unpaired) electrons. The Bertz CT molecular complexity index is 246. The summed E-state index contributed by atoms with van der Waals surface area (Å²) < 4.78 is 10.7. The highest BCUT2D eigenvalue weighted by Gasteiger charge is 2.32. The van der Waals surface area contributed by atoms with Crippen molar-refractivity contribution in [1.29, 1.82) is 0 Å². The van der Waals surface area contributed by atoms with E-state index in [0.29, 0.717) is 19.6 Å². The summed E-state index contributed by atoms with van der Waals surface area (Å²) in [5, 5.41) is 3.03. The number of hydrogen-bond acceptors (Lipinski definition) is 4. The second-order valence-corrected chi connectivity index (χ2v) is 5.43. The van der Waals surface area contributed by atoms with Crippen LogP contribution >= 0.6 is 0 Å². The largest absolute Gasteiger partial charge is 0.465 e. The molecule has 1 atom stereocenters. The van der Waals surface area contributed by atoms with Crippen molar-refractivity contribution in [2.75, 3.05) is 26.9 Å². The zero-order valence-corrected chi connectivity index (χ0v) is 13.8. The molecule has 0 saturated heterocycles. The Kier molecular flexibility index (Phi) is 11.8. The minimum absolute atomic E-state index is 0.203. The molecule has 1 N–H and O–H groups in total. The Morgan fingerprint density at radius 2 is 1.70 bits per heavy atom. The molecule has 0 heterocycles. The fourth-order valence-corrected chi connectivity index (χ4v) is 1.98. The highest BCUT2D eigenvalue weighted by Crippen LogP contribution is 2.12. The zero-order valence-electron chi connectivity index (χ0n) is 13.8. The maximum Gasteiger partial charge on any atom is 0.326 e. The normalized spacial score (nSPS) is 14.0. The van der Waals surface area contributed by atoms with Crippen LogP contribution in [0.5, 0.6) is 0 Å². The van der Waals surface area contributed by atoms with Crippen LogP contribution in [-0.2, 0) is 14.3 Å². The smallest absolute Gasteiger partial charge is 0.326 e. The van der Waals surface area contributed by atoms with E-state index in [-0.39, 0.29) is 5.97 Å². The van der Waals surface area contributed by atoms with Gasteiger partial charge < -0.3 is 14.8 Å². The molecule has 0 rings (SSSR count). The predicted octanol–water partition coefficient (Wildman–Crippen LogP) is 3.29. The van der Waals surface area contributed by atoms with Gasteiger partial charge in [0.05, 0.1) is 6.61 Å². The minimum atomic E-state index is -0.642. The number of hydrogen-bond donors (Lipinski definition) is 1. The molecule has 20 heavy (non-hydrogen) atoms. The molecule has 0 bridgehead atoms. The Balaban J connectivity index is 3.63. The predicted molar refractivity (Wildman–Crippen MR) is 82.9 cm³/mol. The fraction of sp³-hybridized carbons (Fsp3) is 0.938. The minimum Gasteiger partial charge on any atom is -0.465 e. The van der Waals surface area contributed by atoms with Crippen LogP contribution < -0.4 is 5.32 Å². The van der Waals surface area contributed by atoms with Crippen molar-refractivity contribution < 1.29 is 14.3 Å². The quantitative estimate of drug-likeness (QED) is 0.417. The first-order chi connectivity index (χ1) is 9.60. The van der Waals surface area contributed by atoms with E-state index < -0.39 is 5.54 Å². The Morgan fingerprint density at radius 3 is 2.30 bits per heavy atom. The van der Waals surface area contributed by atoms with Gasteiger partial charge in [0.1, 0.15) is 5.54 Å². The van der Waals surface area contributed by atoms with Gasteiger partial charge in [-0.25, -0.2) is 0 Å². The number of esters is 1. The molecule has 4 heteroatoms. The first-order valence-electron chi connectivity index (χ1n) is 8.04. The van der Waals surface area contributed by atoms with E-state index in [9.17, 15) is 4.79 Å². The second kappa shape index (κ2) is 12.2. The topological polar surface area (TPSA) is 47.6 Å². The number of unbranched alkanes of at least 4 members (excludes halogenated alkanes) is 5. The summed E-state index contributed by atoms with van der Waals surface area (Å²) >= 11 is 0. The van der Waals surface area contributed by atoms with Gasteiger partial charge in [-0.15, -0.1) is 0 Å². The summed E-state index contributed by atoms with van der Waals surface area (Å²) in [6.45, 7) is 7.70. The van der Waals surface area contributed by atoms with E-state index in [1.807, 2.05) is 13.8 Å². The molecule has 4 nitrogen and oxygen atoms in total. The van der Waals surface area contributed by atoms with Crippen LogP contribution in [0.3, 0.4) is 0 Å². The van der Waals surface area contributed by atoms with Crippen molar-refractivity contribution >= 4 is 5.97 Å². The number of rotatable bonds is 13. The average Bonchev–Trinajstić information content (AvgIpc) is 2.45. The van der Waals surface area contributed by atoms with E-state index >= 15 is 0 Å². The van der Waals surface area contributed by atoms with Crippen LogP contribution in [-0.4, -0.2) is 38.4 Å². The van der Waals surface area contributed by atoms with E-state index in [2.05, 4.69) is 12.2 Å². The van der Waals surface area contributed by atoms with Crippen LogP contribution in [0.25, 0.3) is 0 Å². The van der Waals surface area contributed by atoms with Gasteiger partial charge in [0, 0.05) is 13.2 Å². The van der Waals surface area contributed by atoms with Gasteiger partial charge in [0.2, 0.25) is 0 Å². The third-order valence-electron chi connectivity index (χ3n) is 3.67. The number of nitrogens with one attached hydrogen (secondary N) is 1. The van der Waals surface area contributed by atoms with Crippen LogP contribution in [0, 0.1) is 0 Å². The lowest BCUT2D eigenvalue weighted by Crippen LogP contribution is -2.49. The summed E-state index contributed by atoms with van der Waals surface area (Å²) in [6, 6.07) is 0. The molecule has 1 unspecified atom stereocenters. The number of likely N-dealkylation sites (N-methyl/N-ethyl adjacent to an activating group) is 1. The number of carbonyl (C=O) groups is 1. The van der Waals surface area contributed by atoms with E-state index in [4.69, 9.17) is 9.47 Å². The maximum absolute atomic E-state index is 11.8. The monoisotopic (exact) mass is 287 g/mol. The molecular formula is C16H33NO3. The van der Waals surface area contributed by atoms with Crippen molar-refractivity contribution in [3.05, 3.63) is 0 Å². The first kappa shape index (κ1) is 19.4. The average molecular weight is 287 g/mol. The molecule has 0 aliphatic rings. The number of ether oxygens (including phenoxy) is 2. The summed E-state index contributed by atoms with van der Waals surface area (Å²) in [5.41, 5.74) is -0.642. The van der Waals surface area contributed by atoms with Crippen molar-refractivity contribution in [2.24, 2.45) is 0 Å². The van der Waals surface area contributed by atoms with Crippen LogP contribution in [0.1, 0.15) is 65.7 Å². The van der Waals surface area contributed by atoms with Crippen molar-refractivity contribution in [3.8, 4) is 0 Å². The summed E-state index contributed by atoms with van der Waals surface area (Å²) in [6.07, 6.45) is 8.23. The third kappa shape index (κ3) is 8.54. The number of carbonyl (C=O) groups excluding carboxylic acids is 1. The molecule has 0 aliphatic carbocycles. The highest BCUT2D eigenvalue weighted by atomic mass is 16.5. The van der Waals surface area contributed by atoms with Gasteiger partial charge in [-0.3, -0.25) is 4.79 Å². The highest BCUT2D eigenvalue weighted by molar-refractivity contribution is 5.80. The van der Waals surface area contributed by atoms with E-state index in [1.54, 1.807) is 7.05 Å². The summed E-state index contributed by atoms with van der Waals surface area (Å²) in [4.78, 5) is 11.8. The van der Waals surface area contributed by atoms with E-state index in [1.165, 1.54) is 32.1 Å². The lowest BCUT2D eigenvalue weighted by Gasteiger charge is -2.26. The Labute approximate surface area is 124 Å². The van der Waals surface area contributed by atoms with Crippen molar-refractivity contribution in [3.63, 3.8) is 0 Å². The van der Waals surface area contributed by atoms with Crippen LogP contribution in [0.4, 0.5) is 0 Å². The lowest BCUT2D eigenvalue weighted by atomic mass is 9.99. The summed E-state index contributed by atoms with van der Waals surface area (Å²) in [7, 11) is 1.78. The van der Waals surface area contributed by atoms with Gasteiger partial charge in [0.15, 0.2) is 0 Å². The molecule has 0 aromatic carbocycles. The standard InChI is InChI=1S/C16H33NO3/c1-5-7-8-9-10-11-13-19-14-12-16(3,17-4)15(18)20-6-2/h17H,5-14H2,1-4H3. The first-order valence-corrected chi connectivity index (χ1v) is 8.04. The molecule has 0 aliphatic heterocycles. The zero-order chi connectivity index (χ0) is 15.3. The van der Waals surface area contributed by atoms with Gasteiger partial charge in [-0.05, 0) is 33.7 Å². The maximum atomic E-state index is 11.8. The van der Waals surface area contributed by atoms with E-state index in [0.717, 1.165) is 13.0 Å². The Morgan fingerprint density at radius 1 is 1.05 bits per heavy atom. The molecule has 0 spiro atoms. The van der Waals surface area contributed by atoms with Gasteiger partial charge >= 0.3 is 5.97 Å². The Hall–Kier alpha value is -0.610. The second-order valence-electron chi connectivity index (χ2n) is 5.43. The van der Waals surface area contributed by atoms with Crippen LogP contribution in [0.15, 0.2) is 0 Å². The van der Waals surface area contributed by atoms with Crippen molar-refractivity contribution in [1.82, 2.24) is 5.32 Å². The van der Waals surface area contributed by atoms with Gasteiger partial charge in [0.25, 0.3) is 0 Å². The SMILES string of the molecule is CCCCCCCCOCCC(C)(NC)C(=O)OCC. The molecule has 0 aromatic rings. The van der Waals surface area contributed by atoms with Gasteiger partial charge in [-0.2, -0.15) is 0 Å². The van der Waals surface area contributed by atoms with Crippen LogP contribution in [0.2, 0.25) is 0 Å². The molecule has 0 aromatic heterocycles. The third-order valence-corrected chi connectivity index (χ3v) is 3.67. The van der Waals surface area contributed by atoms with Crippen molar-refractivity contribution in [2.45, 2.75) is 71.3 Å². The molecule has 0 saturated carbocycles.